The first kappa shape index (κ1) is 30.4. The van der Waals surface area contributed by atoms with Gasteiger partial charge in [0.1, 0.15) is 37.2 Å². The third-order valence-corrected chi connectivity index (χ3v) is 6.28. The molecule has 3 aromatic carbocycles. The summed E-state index contributed by atoms with van der Waals surface area (Å²) in [6.07, 6.45) is -1.36. The number of benzene rings is 3. The van der Waals surface area contributed by atoms with Crippen LogP contribution in [0.2, 0.25) is 0 Å². The molecule has 0 aliphatic carbocycles. The number of rotatable bonds is 11. The molecule has 10 heteroatoms. The van der Waals surface area contributed by atoms with E-state index in [9.17, 15) is 9.50 Å². The van der Waals surface area contributed by atoms with Gasteiger partial charge in [0.15, 0.2) is 0 Å². The van der Waals surface area contributed by atoms with E-state index in [-0.39, 0.29) is 31.1 Å². The summed E-state index contributed by atoms with van der Waals surface area (Å²) in [6.45, 7) is 3.59. The van der Waals surface area contributed by atoms with Crippen molar-refractivity contribution in [2.45, 2.75) is 44.0 Å². The second-order valence-electron chi connectivity index (χ2n) is 9.89. The van der Waals surface area contributed by atoms with Crippen LogP contribution >= 0.6 is 0 Å². The lowest BCUT2D eigenvalue weighted by Crippen LogP contribution is -2.49. The molecule has 0 bridgehead atoms. The molecule has 0 aromatic heterocycles. The average molecular weight is 516 g/mol. The van der Waals surface area contributed by atoms with Crippen molar-refractivity contribution in [1.29, 1.82) is 0 Å². The van der Waals surface area contributed by atoms with Crippen LogP contribution < -0.4 is 11.1 Å². The van der Waals surface area contributed by atoms with Gasteiger partial charge >= 0.3 is 0 Å². The number of ether oxygens (including phenoxy) is 2. The molecule has 0 amide bonds. The normalized spacial score (nSPS) is 12.8. The van der Waals surface area contributed by atoms with Crippen LogP contribution in [0.3, 0.4) is 0 Å². The van der Waals surface area contributed by atoms with E-state index in [1.54, 1.807) is 13.8 Å². The number of anilines is 2. The molecule has 0 spiro atoms. The summed E-state index contributed by atoms with van der Waals surface area (Å²) in [5.41, 5.74) is 7.00. The Morgan fingerprint density at radius 2 is 1.46 bits per heavy atom. The van der Waals surface area contributed by atoms with Crippen LogP contribution in [-0.4, -0.2) is 59.9 Å². The SMILES string of the molecule is [B]C([B])(OCc1ccccc1)C(O)CNc1cc(F)c(N)cc1C#CC(C)(C)C([B])([B])OCc1ccccc1. The number of nitrogens with two attached hydrogens (primary N) is 1. The molecular formula is C29H29B4FN2O3. The van der Waals surface area contributed by atoms with Crippen LogP contribution in [0.25, 0.3) is 0 Å². The van der Waals surface area contributed by atoms with E-state index in [2.05, 4.69) is 17.2 Å². The maximum atomic E-state index is 14.3. The molecule has 3 rings (SSSR count). The van der Waals surface area contributed by atoms with E-state index in [0.717, 1.165) is 11.1 Å². The van der Waals surface area contributed by atoms with Crippen LogP contribution in [0.5, 0.6) is 0 Å². The largest absolute Gasteiger partial charge is 0.396 e. The number of hydrogen-bond donors (Lipinski definition) is 3. The van der Waals surface area contributed by atoms with E-state index >= 15 is 0 Å². The van der Waals surface area contributed by atoms with Gasteiger partial charge in [-0.05, 0) is 31.0 Å². The summed E-state index contributed by atoms with van der Waals surface area (Å²) in [4.78, 5) is 0. The van der Waals surface area contributed by atoms with Crippen molar-refractivity contribution in [3.63, 3.8) is 0 Å². The highest BCUT2D eigenvalue weighted by Gasteiger charge is 2.35. The highest BCUT2D eigenvalue weighted by molar-refractivity contribution is 6.40. The molecule has 0 fully saturated rings. The van der Waals surface area contributed by atoms with E-state index in [1.165, 1.54) is 12.1 Å². The summed E-state index contributed by atoms with van der Waals surface area (Å²) < 4.78 is 25.7. The Morgan fingerprint density at radius 3 is 2.03 bits per heavy atom. The van der Waals surface area contributed by atoms with Crippen molar-refractivity contribution in [2.75, 3.05) is 17.6 Å². The number of nitrogen functional groups attached to an aromatic ring is 1. The second-order valence-corrected chi connectivity index (χ2v) is 9.89. The van der Waals surface area contributed by atoms with Crippen LogP contribution in [-0.2, 0) is 22.7 Å². The lowest BCUT2D eigenvalue weighted by molar-refractivity contribution is -0.0207. The van der Waals surface area contributed by atoms with Gasteiger partial charge in [-0.1, -0.05) is 72.5 Å². The number of hydrogen-bond acceptors (Lipinski definition) is 5. The molecule has 0 aliphatic heterocycles. The summed E-state index contributed by atoms with van der Waals surface area (Å²) in [5, 5.41) is 10.0. The Bertz CT molecular complexity index is 1300. The smallest absolute Gasteiger partial charge is 0.148 e. The molecule has 5 nitrogen and oxygen atoms in total. The minimum atomic E-state index is -1.88. The number of aliphatic hydroxyl groups is 1. The van der Waals surface area contributed by atoms with E-state index in [4.69, 9.17) is 46.6 Å². The van der Waals surface area contributed by atoms with Crippen molar-refractivity contribution < 1.29 is 19.0 Å². The van der Waals surface area contributed by atoms with Gasteiger partial charge in [-0.15, -0.1) is 0 Å². The maximum Gasteiger partial charge on any atom is 0.148 e. The van der Waals surface area contributed by atoms with Crippen LogP contribution in [0.15, 0.2) is 72.8 Å². The van der Waals surface area contributed by atoms with Crippen molar-refractivity contribution in [3.8, 4) is 11.8 Å². The first-order valence-electron chi connectivity index (χ1n) is 12.4. The fraction of sp³-hybridized carbons (Fsp3) is 0.310. The van der Waals surface area contributed by atoms with Crippen LogP contribution in [0.1, 0.15) is 30.5 Å². The van der Waals surface area contributed by atoms with Crippen LogP contribution in [0.4, 0.5) is 15.8 Å². The van der Waals surface area contributed by atoms with E-state index in [1.807, 2.05) is 60.7 Å². The first-order chi connectivity index (χ1) is 18.3. The predicted molar refractivity (Wildman–Crippen MR) is 157 cm³/mol. The van der Waals surface area contributed by atoms with Gasteiger partial charge < -0.3 is 25.6 Å². The predicted octanol–water partition coefficient (Wildman–Crippen LogP) is 2.97. The summed E-state index contributed by atoms with van der Waals surface area (Å²) >= 11 is 0. The molecule has 39 heavy (non-hydrogen) atoms. The summed E-state index contributed by atoms with van der Waals surface area (Å²) in [5.74, 6) is 5.31. The Kier molecular flexibility index (Phi) is 10.0. The lowest BCUT2D eigenvalue weighted by atomic mass is 9.51. The Morgan fingerprint density at radius 1 is 0.923 bits per heavy atom. The lowest BCUT2D eigenvalue weighted by Gasteiger charge is -2.39. The van der Waals surface area contributed by atoms with Gasteiger partial charge in [-0.25, -0.2) is 4.39 Å². The average Bonchev–Trinajstić information content (AvgIpc) is 2.91. The van der Waals surface area contributed by atoms with Gasteiger partial charge in [-0.3, -0.25) is 0 Å². The first-order valence-corrected chi connectivity index (χ1v) is 12.4. The number of aliphatic hydroxyl groups excluding tert-OH is 1. The third-order valence-electron chi connectivity index (χ3n) is 6.28. The van der Waals surface area contributed by atoms with E-state index < -0.39 is 28.1 Å². The van der Waals surface area contributed by atoms with E-state index in [0.29, 0.717) is 5.56 Å². The van der Waals surface area contributed by atoms with Crippen molar-refractivity contribution >= 4 is 42.8 Å². The molecule has 0 heterocycles. The molecule has 0 saturated heterocycles. The van der Waals surface area contributed by atoms with Gasteiger partial charge in [0.25, 0.3) is 0 Å². The third kappa shape index (κ3) is 8.44. The van der Waals surface area contributed by atoms with Crippen molar-refractivity contribution in [2.24, 2.45) is 5.41 Å². The topological polar surface area (TPSA) is 76.7 Å². The Labute approximate surface area is 235 Å². The molecule has 1 atom stereocenters. The fourth-order valence-corrected chi connectivity index (χ4v) is 3.36. The standard InChI is InChI=1S/C29H29B4FN2O3/c1-27(2,29(32,33)39-19-21-11-7-4-8-12-21)14-13-22-15-24(35)23(34)16-25(22)36-17-26(37)28(30,31)38-18-20-9-5-3-6-10-20/h3-12,15-16,26,36-37H,17-19,35H2,1-2H3. The molecular weight excluding hydrogens is 487 g/mol. The number of nitrogens with one attached hydrogen (secondary N) is 1. The molecule has 4 N–H and O–H groups in total. The zero-order chi connectivity index (χ0) is 28.7. The number of halogens is 1. The monoisotopic (exact) mass is 516 g/mol. The molecule has 3 aromatic rings. The minimum Gasteiger partial charge on any atom is -0.396 e. The zero-order valence-corrected chi connectivity index (χ0v) is 22.2. The van der Waals surface area contributed by atoms with Crippen LogP contribution in [0, 0.1) is 23.1 Å². The summed E-state index contributed by atoms with van der Waals surface area (Å²) in [6, 6.07) is 21.2. The zero-order valence-electron chi connectivity index (χ0n) is 22.2. The van der Waals surface area contributed by atoms with Crippen molar-refractivity contribution in [3.05, 3.63) is 95.3 Å². The van der Waals surface area contributed by atoms with Crippen molar-refractivity contribution in [1.82, 2.24) is 0 Å². The molecule has 0 saturated carbocycles. The Balaban J connectivity index is 1.72. The van der Waals surface area contributed by atoms with Gasteiger partial charge in [0, 0.05) is 34.4 Å². The maximum absolute atomic E-state index is 14.3. The second kappa shape index (κ2) is 12.8. The Hall–Kier alpha value is -3.11. The highest BCUT2D eigenvalue weighted by atomic mass is 19.1. The fourth-order valence-electron chi connectivity index (χ4n) is 3.36. The van der Waals surface area contributed by atoms with Gasteiger partial charge in [0.2, 0.25) is 0 Å². The molecule has 8 radical (unpaired) electrons. The summed E-state index contributed by atoms with van der Waals surface area (Å²) in [7, 11) is 24.6. The van der Waals surface area contributed by atoms with Gasteiger partial charge in [0.05, 0.1) is 30.7 Å². The highest BCUT2D eigenvalue weighted by Crippen LogP contribution is 2.30. The molecule has 0 aliphatic rings. The quantitative estimate of drug-likeness (QED) is 0.208. The molecule has 192 valence electrons. The minimum absolute atomic E-state index is 0.0967. The molecule has 1 unspecified atom stereocenters. The van der Waals surface area contributed by atoms with Gasteiger partial charge in [-0.2, -0.15) is 0 Å².